The van der Waals surface area contributed by atoms with Crippen molar-refractivity contribution in [2.45, 2.75) is 23.8 Å². The molecule has 0 spiro atoms. The highest BCUT2D eigenvalue weighted by Gasteiger charge is 2.30. The van der Waals surface area contributed by atoms with Crippen LogP contribution in [0, 0.1) is 10.1 Å². The predicted octanol–water partition coefficient (Wildman–Crippen LogP) is -1.46. The lowest BCUT2D eigenvalue weighted by Crippen LogP contribution is -2.48. The first-order valence-electron chi connectivity index (χ1n) is 9.26. The highest BCUT2D eigenvalue weighted by Crippen LogP contribution is 2.18. The third kappa shape index (κ3) is 8.69. The SMILES string of the molecule is COC(=O)c1ccccc1S(=O)(=O)NC(CCCN=C(N)N[N+](=O)[O-])C(=O)N(C)CC(=O)O. The topological polar surface area (TPSA) is 224 Å². The minimum Gasteiger partial charge on any atom is -0.480 e. The van der Waals surface area contributed by atoms with Crippen LogP contribution in [0.5, 0.6) is 0 Å². The van der Waals surface area contributed by atoms with Crippen molar-refractivity contribution in [1.82, 2.24) is 15.0 Å². The Balaban J connectivity index is 3.13. The first kappa shape index (κ1) is 27.2. The Bertz CT molecular complexity index is 1030. The number of likely N-dealkylation sites (N-methyl/N-ethyl adjacent to an activating group) is 1. The standard InChI is InChI=1S/C17H24N6O9S/c1-22(10-14(24)25)15(26)12(7-5-9-19-17(18)20-23(28)29)21-33(30,31)13-8-4-3-6-11(13)16(27)32-2/h3-4,6,8,12,21H,5,7,9-10H2,1-2H3,(H,24,25)(H3,18,19,20). The number of esters is 1. The molecule has 182 valence electrons. The Kier molecular flexibility index (Phi) is 10.2. The van der Waals surface area contributed by atoms with Gasteiger partial charge in [0, 0.05) is 13.6 Å². The van der Waals surface area contributed by atoms with Gasteiger partial charge in [-0.25, -0.2) is 28.3 Å². The van der Waals surface area contributed by atoms with Gasteiger partial charge in [0.1, 0.15) is 12.6 Å². The van der Waals surface area contributed by atoms with Crippen molar-refractivity contribution in [3.8, 4) is 0 Å². The van der Waals surface area contributed by atoms with Gasteiger partial charge in [0.15, 0.2) is 5.03 Å². The van der Waals surface area contributed by atoms with Crippen LogP contribution in [0.1, 0.15) is 23.2 Å². The number of nitrogens with zero attached hydrogens (tertiary/aromatic N) is 3. The number of benzene rings is 1. The number of hydrogen-bond donors (Lipinski definition) is 4. The summed E-state index contributed by atoms with van der Waals surface area (Å²) >= 11 is 0. The van der Waals surface area contributed by atoms with Crippen LogP contribution in [0.2, 0.25) is 0 Å². The maximum atomic E-state index is 13.0. The van der Waals surface area contributed by atoms with E-state index in [0.717, 1.165) is 18.1 Å². The summed E-state index contributed by atoms with van der Waals surface area (Å²) in [7, 11) is -2.18. The molecular weight excluding hydrogens is 464 g/mol. The normalized spacial score (nSPS) is 12.5. The van der Waals surface area contributed by atoms with Crippen LogP contribution in [0.3, 0.4) is 0 Å². The van der Waals surface area contributed by atoms with Gasteiger partial charge in [-0.1, -0.05) is 17.6 Å². The van der Waals surface area contributed by atoms with Gasteiger partial charge in [-0.05, 0) is 25.0 Å². The lowest BCUT2D eigenvalue weighted by atomic mass is 10.1. The van der Waals surface area contributed by atoms with E-state index in [-0.39, 0.29) is 24.9 Å². The molecule has 0 aliphatic heterocycles. The van der Waals surface area contributed by atoms with E-state index < -0.39 is 56.3 Å². The number of nitrogens with two attached hydrogens (primary N) is 1. The first-order chi connectivity index (χ1) is 15.4. The molecule has 1 rings (SSSR count). The van der Waals surface area contributed by atoms with Crippen molar-refractivity contribution in [2.24, 2.45) is 10.7 Å². The van der Waals surface area contributed by atoms with Crippen LogP contribution >= 0.6 is 0 Å². The molecule has 0 aliphatic rings. The van der Waals surface area contributed by atoms with Crippen LogP contribution in [-0.4, -0.2) is 80.6 Å². The van der Waals surface area contributed by atoms with E-state index in [1.807, 2.05) is 0 Å². The second kappa shape index (κ2) is 12.3. The van der Waals surface area contributed by atoms with E-state index in [2.05, 4.69) is 14.5 Å². The third-order valence-electron chi connectivity index (χ3n) is 4.06. The number of methoxy groups -OCH3 is 1. The largest absolute Gasteiger partial charge is 0.480 e. The fraction of sp³-hybridized carbons (Fsp3) is 0.412. The van der Waals surface area contributed by atoms with Crippen molar-refractivity contribution < 1.29 is 37.7 Å². The van der Waals surface area contributed by atoms with Gasteiger partial charge < -0.3 is 20.5 Å². The fourth-order valence-corrected chi connectivity index (χ4v) is 4.05. The third-order valence-corrected chi connectivity index (χ3v) is 5.59. The second-order valence-corrected chi connectivity index (χ2v) is 8.21. The van der Waals surface area contributed by atoms with Crippen LogP contribution in [-0.2, 0) is 24.3 Å². The van der Waals surface area contributed by atoms with E-state index in [1.165, 1.54) is 25.2 Å². The molecule has 5 N–H and O–H groups in total. The molecule has 0 radical (unpaired) electrons. The number of carbonyl (C=O) groups excluding carboxylic acids is 2. The molecule has 1 amide bonds. The number of guanidine groups is 1. The summed E-state index contributed by atoms with van der Waals surface area (Å²) in [5.41, 5.74) is 6.66. The van der Waals surface area contributed by atoms with Crippen LogP contribution in [0.15, 0.2) is 34.2 Å². The molecule has 16 heteroatoms. The molecule has 0 aromatic heterocycles. The molecule has 0 saturated heterocycles. The van der Waals surface area contributed by atoms with Gasteiger partial charge in [-0.3, -0.25) is 9.59 Å². The number of nitrogens with one attached hydrogen (secondary N) is 2. The fourth-order valence-electron chi connectivity index (χ4n) is 2.63. The molecule has 0 aliphatic carbocycles. The average Bonchev–Trinajstić information content (AvgIpc) is 2.73. The zero-order valence-electron chi connectivity index (χ0n) is 17.8. The Labute approximate surface area is 188 Å². The van der Waals surface area contributed by atoms with Gasteiger partial charge in [-0.2, -0.15) is 4.72 Å². The second-order valence-electron chi connectivity index (χ2n) is 6.53. The monoisotopic (exact) mass is 488 g/mol. The molecule has 0 fully saturated rings. The van der Waals surface area contributed by atoms with E-state index in [0.29, 0.717) is 0 Å². The number of nitro groups is 1. The number of aliphatic carboxylic acids is 1. The molecule has 0 saturated carbocycles. The number of carboxylic acid groups (broad SMARTS) is 1. The van der Waals surface area contributed by atoms with E-state index >= 15 is 0 Å². The minimum absolute atomic E-state index is 0.0541. The molecule has 1 aromatic carbocycles. The molecule has 0 bridgehead atoms. The van der Waals surface area contributed by atoms with Gasteiger partial charge in [-0.15, -0.1) is 0 Å². The lowest BCUT2D eigenvalue weighted by molar-refractivity contribution is -0.525. The Morgan fingerprint density at radius 2 is 1.97 bits per heavy atom. The van der Waals surface area contributed by atoms with Crippen LogP contribution < -0.4 is 15.9 Å². The quantitative estimate of drug-likeness (QED) is 0.0664. The van der Waals surface area contributed by atoms with Crippen molar-refractivity contribution in [3.63, 3.8) is 0 Å². The van der Waals surface area contributed by atoms with Crippen LogP contribution in [0.4, 0.5) is 0 Å². The molecule has 0 heterocycles. The minimum atomic E-state index is -4.43. The molecule has 33 heavy (non-hydrogen) atoms. The lowest BCUT2D eigenvalue weighted by Gasteiger charge is -2.23. The Morgan fingerprint density at radius 1 is 1.33 bits per heavy atom. The van der Waals surface area contributed by atoms with Gasteiger partial charge in [0.2, 0.25) is 15.9 Å². The van der Waals surface area contributed by atoms with E-state index in [9.17, 15) is 32.9 Å². The summed E-state index contributed by atoms with van der Waals surface area (Å²) < 4.78 is 32.7. The predicted molar refractivity (Wildman–Crippen MR) is 113 cm³/mol. The van der Waals surface area contributed by atoms with Crippen molar-refractivity contribution in [1.29, 1.82) is 0 Å². The number of carbonyl (C=O) groups is 3. The zero-order valence-corrected chi connectivity index (χ0v) is 18.6. The van der Waals surface area contributed by atoms with Crippen molar-refractivity contribution >= 4 is 33.8 Å². The van der Waals surface area contributed by atoms with Gasteiger partial charge >= 0.3 is 11.9 Å². The molecule has 1 aromatic rings. The summed E-state index contributed by atoms with van der Waals surface area (Å²) in [5, 5.41) is 18.3. The number of hydrogen-bond acceptors (Lipinski definition) is 9. The summed E-state index contributed by atoms with van der Waals surface area (Å²) in [6, 6.07) is 3.74. The molecule has 1 atom stereocenters. The zero-order chi connectivity index (χ0) is 25.2. The number of rotatable bonds is 12. The first-order valence-corrected chi connectivity index (χ1v) is 10.7. The maximum absolute atomic E-state index is 13.0. The van der Waals surface area contributed by atoms with Gasteiger partial charge in [0.25, 0.3) is 5.96 Å². The van der Waals surface area contributed by atoms with E-state index in [4.69, 9.17) is 10.8 Å². The average molecular weight is 488 g/mol. The highest BCUT2D eigenvalue weighted by atomic mass is 32.2. The van der Waals surface area contributed by atoms with Crippen LogP contribution in [0.25, 0.3) is 0 Å². The Hall–Kier alpha value is -3.79. The van der Waals surface area contributed by atoms with E-state index in [1.54, 1.807) is 5.43 Å². The number of amides is 1. The van der Waals surface area contributed by atoms with Crippen molar-refractivity contribution in [2.75, 3.05) is 27.2 Å². The number of sulfonamides is 1. The summed E-state index contributed by atoms with van der Waals surface area (Å²) in [5.74, 6) is -3.56. The highest BCUT2D eigenvalue weighted by molar-refractivity contribution is 7.89. The summed E-state index contributed by atoms with van der Waals surface area (Å²) in [4.78, 5) is 50.0. The summed E-state index contributed by atoms with van der Waals surface area (Å²) in [6.07, 6.45) is -0.101. The number of ether oxygens (including phenoxy) is 1. The summed E-state index contributed by atoms with van der Waals surface area (Å²) in [6.45, 7) is -0.784. The Morgan fingerprint density at radius 3 is 2.55 bits per heavy atom. The smallest absolute Gasteiger partial charge is 0.339 e. The molecular formula is C17H24N6O9S. The maximum Gasteiger partial charge on any atom is 0.339 e. The molecule has 15 nitrogen and oxygen atoms in total. The number of carboxylic acids is 1. The van der Waals surface area contributed by atoms with Gasteiger partial charge in [0.05, 0.1) is 17.6 Å². The number of hydrazine groups is 1. The van der Waals surface area contributed by atoms with Crippen molar-refractivity contribution in [3.05, 3.63) is 39.9 Å². The molecule has 1 unspecified atom stereocenters. The number of aliphatic imine (C=N–C) groups is 1.